The first-order valence-corrected chi connectivity index (χ1v) is 38.2. The molecule has 9 N–H and O–H groups in total. The van der Waals surface area contributed by atoms with E-state index >= 15 is 0 Å². The Kier molecular flexibility index (Phi) is 90.2. The van der Waals surface area contributed by atoms with Crippen molar-refractivity contribution in [1.82, 2.24) is 30.7 Å². The van der Waals surface area contributed by atoms with E-state index in [9.17, 15) is 44.1 Å². The number of aryl methyl sites for hydroxylation is 1. The number of amides is 6. The van der Waals surface area contributed by atoms with Gasteiger partial charge in [-0.1, -0.05) is 158 Å². The van der Waals surface area contributed by atoms with E-state index in [4.69, 9.17) is 15.3 Å². The van der Waals surface area contributed by atoms with Crippen LogP contribution in [-0.2, 0) is 188 Å². The molecule has 0 radical (unpaired) electrons. The van der Waals surface area contributed by atoms with E-state index in [1.54, 1.807) is 37.9 Å². The number of nitrogens with one attached hydrogen (secondary N) is 3. The Morgan fingerprint density at radius 1 is 0.402 bits per heavy atom. The first-order chi connectivity index (χ1) is 52.9. The molecular formula is C93H138N6O12W6-6. The second kappa shape index (κ2) is 80.9. The van der Waals surface area contributed by atoms with Crippen molar-refractivity contribution in [3.63, 3.8) is 0 Å². The van der Waals surface area contributed by atoms with Crippen molar-refractivity contribution in [2.75, 3.05) is 60.6 Å². The van der Waals surface area contributed by atoms with E-state index in [0.717, 1.165) is 62.2 Å². The Balaban J connectivity index is -0.000000172. The summed E-state index contributed by atoms with van der Waals surface area (Å²) in [6.07, 6.45) is 14.4. The fourth-order valence-electron chi connectivity index (χ4n) is 10.2. The third-order valence-electron chi connectivity index (χ3n) is 15.0. The van der Waals surface area contributed by atoms with Gasteiger partial charge in [0.2, 0.25) is 35.4 Å². The van der Waals surface area contributed by atoms with Crippen LogP contribution < -0.4 is 16.0 Å². The number of hydrogen-bond acceptors (Lipinski definition) is 12. The summed E-state index contributed by atoms with van der Waals surface area (Å²) in [6.45, 7) is 38.0. The molecule has 0 bridgehead atoms. The van der Waals surface area contributed by atoms with Crippen LogP contribution in [0.3, 0.4) is 0 Å². The fraction of sp³-hybridized carbons (Fsp3) is 0.419. The summed E-state index contributed by atoms with van der Waals surface area (Å²) in [6, 6.07) is 52.8. The summed E-state index contributed by atoms with van der Waals surface area (Å²) in [5, 5.41) is 74.0. The van der Waals surface area contributed by atoms with Gasteiger partial charge in [0.15, 0.2) is 0 Å². The Morgan fingerprint density at radius 2 is 0.786 bits per heavy atom. The minimum Gasteiger partial charge on any atom is -0.396 e. The van der Waals surface area contributed by atoms with Crippen molar-refractivity contribution in [2.24, 2.45) is 0 Å². The summed E-state index contributed by atoms with van der Waals surface area (Å²) in [5.74, 6) is -0.0608. The number of likely N-dealkylation sites (N-methyl/N-ethyl adjacent to an activating group) is 2. The van der Waals surface area contributed by atoms with Crippen LogP contribution in [0.5, 0.6) is 0 Å². The average molecular weight is 2640 g/mol. The molecule has 0 aromatic heterocycles. The molecule has 6 amide bonds. The quantitative estimate of drug-likeness (QED) is 0.0255. The number of aliphatic hydroxyl groups is 6. The molecule has 0 saturated heterocycles. The van der Waals surface area contributed by atoms with Crippen molar-refractivity contribution in [3.05, 3.63) is 230 Å². The summed E-state index contributed by atoms with van der Waals surface area (Å²) in [4.78, 5) is 71.0. The van der Waals surface area contributed by atoms with Crippen LogP contribution in [0.1, 0.15) is 197 Å². The van der Waals surface area contributed by atoms with E-state index < -0.39 is 6.10 Å². The number of nitrogens with zero attached hydrogens (tertiary/aromatic N) is 3. The zero-order valence-electron chi connectivity index (χ0n) is 73.6. The molecule has 0 aliphatic rings. The van der Waals surface area contributed by atoms with E-state index in [-0.39, 0.29) is 200 Å². The van der Waals surface area contributed by atoms with E-state index in [2.05, 4.69) is 70.5 Å². The van der Waals surface area contributed by atoms with Gasteiger partial charge in [0.1, 0.15) is 0 Å². The predicted molar refractivity (Wildman–Crippen MR) is 466 cm³/mol. The first kappa shape index (κ1) is 130. The van der Waals surface area contributed by atoms with Crippen LogP contribution in [0.4, 0.5) is 0 Å². The van der Waals surface area contributed by atoms with Crippen LogP contribution in [-0.4, -0.2) is 147 Å². The zero-order chi connectivity index (χ0) is 84.9. The maximum absolute atomic E-state index is 12.7. The number of benzene rings is 9. The SMILES string of the molecule is CC(=O)N(C)CCO.CC(=O)N(C)Cc1cccc2cccc(CO)c12.CC(=O)NCCO.CC(=O)NCc1cccc2cccc(CO)c12.CC(C)(C)NC(=O)CCCO.CN(CC(O)c1ccccc1)C(=O)CCCc1ccc2ccc3cccc4ccc1c2c34.C[CH-]C.C[CH-]C.C[CH-]C.C[CH-]C.C[CH-]C.C[CH-]C.[W].[W].[W].[W].[W].[W]. The first-order valence-electron chi connectivity index (χ1n) is 38.2. The van der Waals surface area contributed by atoms with Crippen molar-refractivity contribution < 1.29 is 186 Å². The van der Waals surface area contributed by atoms with E-state index in [0.29, 0.717) is 52.0 Å². The van der Waals surface area contributed by atoms with Gasteiger partial charge in [-0.2, -0.15) is 83.1 Å². The molecule has 0 spiro atoms. The predicted octanol–water partition coefficient (Wildman–Crippen LogP) is 17.0. The van der Waals surface area contributed by atoms with Crippen LogP contribution >= 0.6 is 0 Å². The van der Waals surface area contributed by atoms with Crippen molar-refractivity contribution >= 4 is 89.3 Å². The molecule has 24 heteroatoms. The average Bonchev–Trinajstić information content (AvgIpc) is 0.742. The van der Waals surface area contributed by atoms with Gasteiger partial charge in [-0.25, -0.2) is 0 Å². The van der Waals surface area contributed by atoms with Crippen LogP contribution in [0.15, 0.2) is 158 Å². The number of carbonyl (C=O) groups is 6. The van der Waals surface area contributed by atoms with Gasteiger partial charge < -0.3 is 99.8 Å². The zero-order valence-corrected chi connectivity index (χ0v) is 91.2. The van der Waals surface area contributed by atoms with Gasteiger partial charge >= 0.3 is 0 Å². The number of fused-ring (bicyclic) bond motifs is 2. The summed E-state index contributed by atoms with van der Waals surface area (Å²) in [7, 11) is 5.20. The minimum absolute atomic E-state index is 0. The second-order valence-electron chi connectivity index (χ2n) is 27.1. The van der Waals surface area contributed by atoms with Gasteiger partial charge in [-0.05, 0) is 127 Å². The minimum atomic E-state index is -0.664. The summed E-state index contributed by atoms with van der Waals surface area (Å²) < 4.78 is 0. The Hall–Kier alpha value is -4.75. The monoisotopic (exact) mass is 2630 g/mol. The van der Waals surface area contributed by atoms with Crippen LogP contribution in [0, 0.1) is 38.5 Å². The molecule has 654 valence electrons. The normalized spacial score (nSPS) is 9.68. The molecular weight excluding hydrogens is 2500 g/mol. The molecule has 18 nitrogen and oxygen atoms in total. The molecule has 9 aromatic rings. The molecule has 0 fully saturated rings. The summed E-state index contributed by atoms with van der Waals surface area (Å²) >= 11 is 0. The molecule has 0 saturated carbocycles. The molecule has 0 aliphatic heterocycles. The largest absolute Gasteiger partial charge is 0.396 e. The standard InChI is InChI=1S/C29H27NO2.C15H17NO2.C14H15NO2.C8H17NO2.C5H11NO2.C4H9NO2.6C3H7.6W/c1-30(19-26(31)21-7-3-2-4-8-21)27(32)12-6-9-20-13-14-24-16-15-22-10-5-11-23-17-18-25(20)29(24)28(22)23;1-11(18)16(2)9-13-7-3-5-12-6-4-8-14(10-17)15(12)13;1-10(17)15-8-12-6-2-4-11-5-3-7-13(9-16)14(11)12;1-8(2,3)9-7(11)5-4-6-10;1-5(8)6(2)3-4-7;1-4(7)5-2-3-6;6*1-3-2;;;;;;/h2-5,7-8,10-11,13-18,26,31H,6,9,12,19H2,1H3;3-8,17H,9-10H2,1-2H3;2-7,16H,8-9H2,1H3,(H,15,17);10H,4-6H2,1-3H3,(H,9,11);7H,3-4H2,1-2H3;6H,2-3H2,1H3,(H,5,7);6*3H,1-2H3;;;;;;/q;;;;;;6*-1;;;;;;. The maximum atomic E-state index is 12.7. The number of aliphatic hydroxyl groups excluding tert-OH is 6. The number of rotatable bonds is 20. The second-order valence-corrected chi connectivity index (χ2v) is 27.1. The molecule has 117 heavy (non-hydrogen) atoms. The molecule has 0 aliphatic carbocycles. The van der Waals surface area contributed by atoms with Crippen LogP contribution in [0.25, 0.3) is 53.9 Å². The van der Waals surface area contributed by atoms with Crippen molar-refractivity contribution in [3.8, 4) is 0 Å². The molecule has 0 heterocycles. The van der Waals surface area contributed by atoms with Gasteiger partial charge in [-0.3, -0.25) is 28.8 Å². The third-order valence-corrected chi connectivity index (χ3v) is 15.0. The molecule has 1 atom stereocenters. The van der Waals surface area contributed by atoms with E-state index in [1.165, 1.54) is 63.6 Å². The third kappa shape index (κ3) is 58.0. The Morgan fingerprint density at radius 3 is 1.16 bits per heavy atom. The maximum Gasteiger partial charge on any atom is 0.222 e. The van der Waals surface area contributed by atoms with Gasteiger partial charge in [0.05, 0.1) is 39.1 Å². The summed E-state index contributed by atoms with van der Waals surface area (Å²) in [5.41, 5.74) is 5.85. The van der Waals surface area contributed by atoms with Crippen LogP contribution in [0.2, 0.25) is 0 Å². The van der Waals surface area contributed by atoms with Crippen molar-refractivity contribution in [2.45, 2.75) is 202 Å². The number of hydrogen-bond donors (Lipinski definition) is 9. The van der Waals surface area contributed by atoms with Crippen molar-refractivity contribution in [1.29, 1.82) is 0 Å². The topological polar surface area (TPSA) is 270 Å². The molecule has 9 rings (SSSR count). The van der Waals surface area contributed by atoms with Gasteiger partial charge in [-0.15, -0.1) is 0 Å². The van der Waals surface area contributed by atoms with Gasteiger partial charge in [0, 0.05) is 226 Å². The Bertz CT molecular complexity index is 3930. The van der Waals surface area contributed by atoms with E-state index in [1.807, 2.05) is 246 Å². The molecule has 1 unspecified atom stereocenters. The Labute approximate surface area is 790 Å². The smallest absolute Gasteiger partial charge is 0.222 e. The van der Waals surface area contributed by atoms with Gasteiger partial charge in [0.25, 0.3) is 0 Å². The number of carbonyl (C=O) groups excluding carboxylic acids is 6. The molecule has 9 aromatic carbocycles. The fourth-order valence-corrected chi connectivity index (χ4v) is 10.2.